The lowest BCUT2D eigenvalue weighted by atomic mass is 10.2. The first-order chi connectivity index (χ1) is 10.2. The molecule has 0 aliphatic carbocycles. The third-order valence-corrected chi connectivity index (χ3v) is 3.30. The third-order valence-electron chi connectivity index (χ3n) is 3.30. The van der Waals surface area contributed by atoms with E-state index in [9.17, 15) is 14.7 Å². The molecule has 3 aromatic rings. The first kappa shape index (κ1) is 13.1. The number of pyridine rings is 2. The van der Waals surface area contributed by atoms with Crippen LogP contribution in [0.2, 0.25) is 0 Å². The first-order valence-electron chi connectivity index (χ1n) is 6.34. The zero-order valence-electron chi connectivity index (χ0n) is 11.0. The lowest BCUT2D eigenvalue weighted by molar-refractivity contribution is 0.475. The van der Waals surface area contributed by atoms with E-state index in [4.69, 9.17) is 0 Å². The van der Waals surface area contributed by atoms with Gasteiger partial charge in [0.2, 0.25) is 0 Å². The molecule has 2 aromatic heterocycles. The standard InChI is InChI=1S/C16H11N2O3/c19-10-13-16(21)12-6-7-15(20)18(14(12)8-17-13)9-11-4-2-1-3-5-11/h1-8,21H,9H2. The molecule has 0 fully saturated rings. The van der Waals surface area contributed by atoms with Gasteiger partial charge in [-0.25, -0.2) is 4.98 Å². The molecule has 0 unspecified atom stereocenters. The molecule has 0 aliphatic heterocycles. The Kier molecular flexibility index (Phi) is 3.23. The highest BCUT2D eigenvalue weighted by molar-refractivity contribution is 5.92. The van der Waals surface area contributed by atoms with Crippen LogP contribution in [0.3, 0.4) is 0 Å². The number of rotatable bonds is 3. The molecule has 1 radical (unpaired) electrons. The van der Waals surface area contributed by atoms with Crippen molar-refractivity contribution < 1.29 is 9.90 Å². The zero-order valence-corrected chi connectivity index (χ0v) is 11.0. The Morgan fingerprint density at radius 3 is 2.62 bits per heavy atom. The summed E-state index contributed by atoms with van der Waals surface area (Å²) in [7, 11) is 0. The van der Waals surface area contributed by atoms with Crippen LogP contribution >= 0.6 is 0 Å². The quantitative estimate of drug-likeness (QED) is 0.790. The maximum Gasteiger partial charge on any atom is 0.257 e. The zero-order chi connectivity index (χ0) is 14.8. The molecule has 0 saturated heterocycles. The van der Waals surface area contributed by atoms with Gasteiger partial charge in [0.1, 0.15) is 0 Å². The third kappa shape index (κ3) is 2.29. The van der Waals surface area contributed by atoms with Gasteiger partial charge in [-0.2, -0.15) is 0 Å². The topological polar surface area (TPSA) is 72.2 Å². The molecular weight excluding hydrogens is 268 g/mol. The molecule has 0 atom stereocenters. The summed E-state index contributed by atoms with van der Waals surface area (Å²) in [6, 6.07) is 12.3. The Morgan fingerprint density at radius 2 is 1.90 bits per heavy atom. The minimum Gasteiger partial charge on any atom is -0.505 e. The van der Waals surface area contributed by atoms with Gasteiger partial charge in [0.05, 0.1) is 18.3 Å². The fraction of sp³-hybridized carbons (Fsp3) is 0.0625. The average Bonchev–Trinajstić information content (AvgIpc) is 2.51. The number of benzene rings is 1. The summed E-state index contributed by atoms with van der Waals surface area (Å²) in [5.74, 6) is -0.260. The molecule has 103 valence electrons. The molecule has 2 heterocycles. The van der Waals surface area contributed by atoms with Gasteiger partial charge in [0.15, 0.2) is 11.4 Å². The number of carbonyl (C=O) groups excluding carboxylic acids is 1. The van der Waals surface area contributed by atoms with E-state index in [-0.39, 0.29) is 17.0 Å². The Balaban J connectivity index is 2.22. The normalized spacial score (nSPS) is 10.7. The fourth-order valence-corrected chi connectivity index (χ4v) is 2.25. The van der Waals surface area contributed by atoms with Crippen LogP contribution in [0.4, 0.5) is 0 Å². The van der Waals surface area contributed by atoms with Gasteiger partial charge in [0, 0.05) is 11.5 Å². The van der Waals surface area contributed by atoms with E-state index in [1.807, 2.05) is 30.3 Å². The van der Waals surface area contributed by atoms with Crippen molar-refractivity contribution in [1.29, 1.82) is 0 Å². The first-order valence-corrected chi connectivity index (χ1v) is 6.34. The van der Waals surface area contributed by atoms with Crippen LogP contribution in [0.25, 0.3) is 10.9 Å². The van der Waals surface area contributed by atoms with Gasteiger partial charge in [-0.15, -0.1) is 0 Å². The number of hydrogen-bond acceptors (Lipinski definition) is 4. The minimum absolute atomic E-state index is 0.160. The van der Waals surface area contributed by atoms with Crippen molar-refractivity contribution in [2.75, 3.05) is 0 Å². The number of aromatic hydroxyl groups is 1. The SMILES string of the molecule is O=[C]c1ncc2c(ccc(=O)n2Cc2ccccc2)c1O. The monoisotopic (exact) mass is 279 g/mol. The van der Waals surface area contributed by atoms with Crippen molar-refractivity contribution >= 4 is 17.2 Å². The molecule has 1 aromatic carbocycles. The second-order valence-corrected chi connectivity index (χ2v) is 4.60. The van der Waals surface area contributed by atoms with Crippen molar-refractivity contribution in [3.63, 3.8) is 0 Å². The summed E-state index contributed by atoms with van der Waals surface area (Å²) in [4.78, 5) is 26.6. The van der Waals surface area contributed by atoms with Crippen LogP contribution in [0.5, 0.6) is 5.75 Å². The molecule has 0 amide bonds. The number of hydrogen-bond donors (Lipinski definition) is 1. The number of nitrogens with zero attached hydrogens (tertiary/aromatic N) is 2. The van der Waals surface area contributed by atoms with Crippen molar-refractivity contribution in [2.24, 2.45) is 0 Å². The number of aromatic nitrogens is 2. The second kappa shape index (κ2) is 5.20. The van der Waals surface area contributed by atoms with Crippen LogP contribution in [0, 0.1) is 0 Å². The molecule has 21 heavy (non-hydrogen) atoms. The van der Waals surface area contributed by atoms with Gasteiger partial charge in [0.25, 0.3) is 11.8 Å². The van der Waals surface area contributed by atoms with Gasteiger partial charge in [-0.3, -0.25) is 9.59 Å². The predicted octanol–water partition coefficient (Wildman–Crippen LogP) is 1.61. The predicted molar refractivity (Wildman–Crippen MR) is 78.0 cm³/mol. The molecule has 3 rings (SSSR count). The molecule has 0 aliphatic rings. The van der Waals surface area contributed by atoms with Crippen LogP contribution < -0.4 is 5.56 Å². The maximum absolute atomic E-state index is 12.1. The van der Waals surface area contributed by atoms with Crippen LogP contribution in [-0.4, -0.2) is 20.9 Å². The molecule has 1 N–H and O–H groups in total. The highest BCUT2D eigenvalue weighted by Gasteiger charge is 2.12. The molecule has 5 nitrogen and oxygen atoms in total. The maximum atomic E-state index is 12.1. The Labute approximate surface area is 120 Å². The van der Waals surface area contributed by atoms with Crippen LogP contribution in [0.15, 0.2) is 53.5 Å². The van der Waals surface area contributed by atoms with E-state index in [1.54, 1.807) is 6.29 Å². The van der Waals surface area contributed by atoms with Gasteiger partial charge < -0.3 is 9.67 Å². The van der Waals surface area contributed by atoms with E-state index < -0.39 is 0 Å². The van der Waals surface area contributed by atoms with Gasteiger partial charge in [-0.05, 0) is 11.6 Å². The smallest absolute Gasteiger partial charge is 0.257 e. The van der Waals surface area contributed by atoms with Crippen LogP contribution in [-0.2, 0) is 11.3 Å². The highest BCUT2D eigenvalue weighted by Crippen LogP contribution is 2.25. The van der Waals surface area contributed by atoms with Crippen molar-refractivity contribution in [1.82, 2.24) is 9.55 Å². The molecular formula is C16H11N2O3. The lowest BCUT2D eigenvalue weighted by Gasteiger charge is -2.11. The summed E-state index contributed by atoms with van der Waals surface area (Å²) in [6.45, 7) is 0.363. The van der Waals surface area contributed by atoms with Crippen LogP contribution in [0.1, 0.15) is 11.3 Å². The molecule has 0 saturated carbocycles. The summed E-state index contributed by atoms with van der Waals surface area (Å²) in [5.41, 5.74) is 1.07. The Bertz CT molecular complexity index is 870. The fourth-order valence-electron chi connectivity index (χ4n) is 2.25. The molecule has 0 spiro atoms. The van der Waals surface area contributed by atoms with Crippen molar-refractivity contribution in [3.8, 4) is 5.75 Å². The van der Waals surface area contributed by atoms with E-state index in [0.29, 0.717) is 17.4 Å². The Morgan fingerprint density at radius 1 is 1.14 bits per heavy atom. The van der Waals surface area contributed by atoms with E-state index in [2.05, 4.69) is 4.98 Å². The van der Waals surface area contributed by atoms with E-state index in [1.165, 1.54) is 22.9 Å². The van der Waals surface area contributed by atoms with E-state index in [0.717, 1.165) is 5.56 Å². The van der Waals surface area contributed by atoms with Gasteiger partial charge >= 0.3 is 0 Å². The Hall–Kier alpha value is -2.95. The second-order valence-electron chi connectivity index (χ2n) is 4.60. The van der Waals surface area contributed by atoms with E-state index >= 15 is 0 Å². The molecule has 5 heteroatoms. The largest absolute Gasteiger partial charge is 0.505 e. The minimum atomic E-state index is -0.260. The summed E-state index contributed by atoms with van der Waals surface area (Å²) < 4.78 is 1.51. The van der Waals surface area contributed by atoms with Crippen molar-refractivity contribution in [2.45, 2.75) is 6.54 Å². The number of fused-ring (bicyclic) bond motifs is 1. The van der Waals surface area contributed by atoms with Gasteiger partial charge in [-0.1, -0.05) is 30.3 Å². The highest BCUT2D eigenvalue weighted by atomic mass is 16.3. The molecule has 0 bridgehead atoms. The summed E-state index contributed by atoms with van der Waals surface area (Å²) in [6.07, 6.45) is 2.98. The van der Waals surface area contributed by atoms with Crippen molar-refractivity contribution in [3.05, 3.63) is 70.3 Å². The average molecular weight is 279 g/mol. The lowest BCUT2D eigenvalue weighted by Crippen LogP contribution is -2.20. The summed E-state index contributed by atoms with van der Waals surface area (Å²) >= 11 is 0. The summed E-state index contributed by atoms with van der Waals surface area (Å²) in [5, 5.41) is 10.4.